The monoisotopic (exact) mass is 292 g/mol. The molecule has 0 amide bonds. The van der Waals surface area contributed by atoms with Crippen molar-refractivity contribution >= 4 is 28.0 Å². The minimum atomic E-state index is -2.98. The summed E-state index contributed by atoms with van der Waals surface area (Å²) < 4.78 is 28.3. The van der Waals surface area contributed by atoms with Gasteiger partial charge in [-0.25, -0.2) is 0 Å². The van der Waals surface area contributed by atoms with Gasteiger partial charge < -0.3 is 4.74 Å². The van der Waals surface area contributed by atoms with Gasteiger partial charge in [-0.2, -0.15) is 8.78 Å². The Bertz CT molecular complexity index is 432. The van der Waals surface area contributed by atoms with Gasteiger partial charge in [0.1, 0.15) is 5.75 Å². The van der Waals surface area contributed by atoms with E-state index in [2.05, 4.69) is 20.7 Å². The molecule has 0 saturated heterocycles. The molecule has 0 spiro atoms. The number of halogens is 3. The molecular weight excluding hydrogens is 286 g/mol. The molecule has 0 N–H and O–H groups in total. The van der Waals surface area contributed by atoms with Crippen LogP contribution in [-0.4, -0.2) is 18.7 Å². The van der Waals surface area contributed by atoms with Crippen LogP contribution in [0.5, 0.6) is 5.75 Å². The molecule has 0 fully saturated rings. The summed E-state index contributed by atoms with van der Waals surface area (Å²) in [4.78, 5) is 21.9. The van der Waals surface area contributed by atoms with Crippen LogP contribution in [0.3, 0.4) is 0 Å². The van der Waals surface area contributed by atoms with Gasteiger partial charge in [-0.15, -0.1) is 0 Å². The summed E-state index contributed by atoms with van der Waals surface area (Å²) in [7, 11) is 0. The lowest BCUT2D eigenvalue weighted by molar-refractivity contribution is -0.0499. The smallest absolute Gasteiger partial charge is 0.387 e. The Labute approximate surface area is 98.5 Å². The number of carbonyl (C=O) groups excluding carboxylic acids is 2. The van der Waals surface area contributed by atoms with Crippen molar-refractivity contribution < 1.29 is 23.1 Å². The molecule has 3 nitrogen and oxygen atoms in total. The van der Waals surface area contributed by atoms with E-state index in [1.165, 1.54) is 13.0 Å². The first-order valence-electron chi connectivity index (χ1n) is 4.20. The van der Waals surface area contributed by atoms with Crippen LogP contribution in [-0.2, 0) is 0 Å². The highest BCUT2D eigenvalue weighted by Gasteiger charge is 2.14. The van der Waals surface area contributed by atoms with Gasteiger partial charge in [0.25, 0.3) is 0 Å². The maximum absolute atomic E-state index is 12.0. The number of Topliss-reactive ketones (excluding diaryl/α,β-unsaturated/α-hetero) is 1. The highest BCUT2D eigenvalue weighted by atomic mass is 79.9. The third-order valence-corrected chi connectivity index (χ3v) is 2.48. The summed E-state index contributed by atoms with van der Waals surface area (Å²) in [5.41, 5.74) is 0.161. The van der Waals surface area contributed by atoms with Crippen LogP contribution in [0.15, 0.2) is 16.6 Å². The molecule has 1 aromatic carbocycles. The average Bonchev–Trinajstić information content (AvgIpc) is 2.15. The van der Waals surface area contributed by atoms with Crippen molar-refractivity contribution in [3.05, 3.63) is 27.7 Å². The van der Waals surface area contributed by atoms with E-state index < -0.39 is 12.4 Å². The zero-order valence-electron chi connectivity index (χ0n) is 8.17. The van der Waals surface area contributed by atoms with E-state index in [-0.39, 0.29) is 21.3 Å². The normalized spacial score (nSPS) is 10.3. The standard InChI is InChI=1S/C10H7BrF2O3/c1-5(15)7-2-6(16-10(12)13)3-9(11)8(7)4-14/h2-4,10H,1H3. The van der Waals surface area contributed by atoms with Crippen molar-refractivity contribution in [3.8, 4) is 5.75 Å². The van der Waals surface area contributed by atoms with E-state index in [9.17, 15) is 18.4 Å². The Morgan fingerprint density at radius 2 is 2.12 bits per heavy atom. The number of benzene rings is 1. The number of hydrogen-bond acceptors (Lipinski definition) is 3. The second-order valence-corrected chi connectivity index (χ2v) is 3.77. The van der Waals surface area contributed by atoms with Crippen LogP contribution in [0.2, 0.25) is 0 Å². The van der Waals surface area contributed by atoms with Gasteiger partial charge in [0.2, 0.25) is 0 Å². The molecule has 0 saturated carbocycles. The van der Waals surface area contributed by atoms with Crippen LogP contribution in [0.25, 0.3) is 0 Å². The third-order valence-electron chi connectivity index (χ3n) is 1.83. The van der Waals surface area contributed by atoms with E-state index >= 15 is 0 Å². The summed E-state index contributed by atoms with van der Waals surface area (Å²) in [6.07, 6.45) is 0.479. The molecule has 6 heteroatoms. The molecule has 0 aromatic heterocycles. The van der Waals surface area contributed by atoms with Crippen molar-refractivity contribution in [2.45, 2.75) is 13.5 Å². The molecule has 0 aliphatic carbocycles. The van der Waals surface area contributed by atoms with Crippen molar-refractivity contribution in [1.82, 2.24) is 0 Å². The number of ether oxygens (including phenoxy) is 1. The molecule has 0 heterocycles. The maximum Gasteiger partial charge on any atom is 0.387 e. The second kappa shape index (κ2) is 5.16. The SMILES string of the molecule is CC(=O)c1cc(OC(F)F)cc(Br)c1C=O. The maximum atomic E-state index is 12.0. The van der Waals surface area contributed by atoms with Crippen molar-refractivity contribution in [2.75, 3.05) is 0 Å². The molecule has 1 aromatic rings. The Morgan fingerprint density at radius 3 is 2.56 bits per heavy atom. The second-order valence-electron chi connectivity index (χ2n) is 2.92. The quantitative estimate of drug-likeness (QED) is 0.633. The first kappa shape index (κ1) is 12.8. The lowest BCUT2D eigenvalue weighted by Gasteiger charge is -2.09. The van der Waals surface area contributed by atoms with Gasteiger partial charge in [-0.05, 0) is 35.0 Å². The summed E-state index contributed by atoms with van der Waals surface area (Å²) >= 11 is 3.01. The van der Waals surface area contributed by atoms with Crippen molar-refractivity contribution in [2.24, 2.45) is 0 Å². The number of ketones is 1. The van der Waals surface area contributed by atoms with E-state index in [1.807, 2.05) is 0 Å². The van der Waals surface area contributed by atoms with Gasteiger partial charge in [0.05, 0.1) is 0 Å². The topological polar surface area (TPSA) is 43.4 Å². The molecule has 0 aliphatic rings. The average molecular weight is 293 g/mol. The number of hydrogen-bond donors (Lipinski definition) is 0. The Balaban J connectivity index is 3.28. The largest absolute Gasteiger partial charge is 0.435 e. The predicted octanol–water partition coefficient (Wildman–Crippen LogP) is 3.07. The summed E-state index contributed by atoms with van der Waals surface area (Å²) in [5.74, 6) is -0.569. The molecular formula is C10H7BrF2O3. The molecule has 16 heavy (non-hydrogen) atoms. The lowest BCUT2D eigenvalue weighted by atomic mass is 10.1. The third kappa shape index (κ3) is 2.85. The van der Waals surface area contributed by atoms with Gasteiger partial charge >= 0.3 is 6.61 Å². The fourth-order valence-corrected chi connectivity index (χ4v) is 1.71. The first-order valence-corrected chi connectivity index (χ1v) is 4.99. The zero-order chi connectivity index (χ0) is 12.3. The zero-order valence-corrected chi connectivity index (χ0v) is 9.75. The molecule has 86 valence electrons. The lowest BCUT2D eigenvalue weighted by Crippen LogP contribution is -2.05. The molecule has 0 bridgehead atoms. The van der Waals surface area contributed by atoms with Crippen LogP contribution in [0.1, 0.15) is 27.6 Å². The Hall–Kier alpha value is -1.30. The first-order chi connectivity index (χ1) is 7.45. The molecule has 0 unspecified atom stereocenters. The van der Waals surface area contributed by atoms with Gasteiger partial charge in [0, 0.05) is 15.6 Å². The van der Waals surface area contributed by atoms with Crippen LogP contribution in [0.4, 0.5) is 8.78 Å². The minimum absolute atomic E-state index is 0.0417. The number of aldehydes is 1. The summed E-state index contributed by atoms with van der Waals surface area (Å²) in [6, 6.07) is 2.32. The van der Waals surface area contributed by atoms with Gasteiger partial charge in [-0.3, -0.25) is 9.59 Å². The molecule has 0 aliphatic heterocycles. The van der Waals surface area contributed by atoms with Crippen LogP contribution < -0.4 is 4.74 Å². The fraction of sp³-hybridized carbons (Fsp3) is 0.200. The van der Waals surface area contributed by atoms with Gasteiger partial charge in [0.15, 0.2) is 12.1 Å². The highest BCUT2D eigenvalue weighted by molar-refractivity contribution is 9.10. The van der Waals surface area contributed by atoms with Crippen molar-refractivity contribution in [3.63, 3.8) is 0 Å². The highest BCUT2D eigenvalue weighted by Crippen LogP contribution is 2.27. The molecule has 0 radical (unpaired) electrons. The van der Waals surface area contributed by atoms with Gasteiger partial charge in [-0.1, -0.05) is 0 Å². The summed E-state index contributed by atoms with van der Waals surface area (Å²) in [6.45, 7) is -1.74. The number of carbonyl (C=O) groups is 2. The Morgan fingerprint density at radius 1 is 1.50 bits per heavy atom. The Kier molecular flexibility index (Phi) is 4.12. The van der Waals surface area contributed by atoms with Crippen LogP contribution in [0, 0.1) is 0 Å². The van der Waals surface area contributed by atoms with E-state index in [4.69, 9.17) is 0 Å². The molecule has 0 atom stereocenters. The van der Waals surface area contributed by atoms with Crippen LogP contribution >= 0.6 is 15.9 Å². The number of alkyl halides is 2. The van der Waals surface area contributed by atoms with E-state index in [1.54, 1.807) is 0 Å². The minimum Gasteiger partial charge on any atom is -0.435 e. The fourth-order valence-electron chi connectivity index (χ4n) is 1.17. The van der Waals surface area contributed by atoms with E-state index in [0.29, 0.717) is 6.29 Å². The van der Waals surface area contributed by atoms with Crippen molar-refractivity contribution in [1.29, 1.82) is 0 Å². The molecule has 1 rings (SSSR count). The predicted molar refractivity (Wildman–Crippen MR) is 56.2 cm³/mol. The number of rotatable bonds is 4. The summed E-state index contributed by atoms with van der Waals surface area (Å²) in [5, 5.41) is 0. The van der Waals surface area contributed by atoms with E-state index in [0.717, 1.165) is 6.07 Å².